The summed E-state index contributed by atoms with van der Waals surface area (Å²) in [4.78, 5) is 23.2. The first-order valence-electron chi connectivity index (χ1n) is 7.07. The summed E-state index contributed by atoms with van der Waals surface area (Å²) in [5, 5.41) is 15.1. The second-order valence-corrected chi connectivity index (χ2v) is 6.36. The lowest BCUT2D eigenvalue weighted by molar-refractivity contribution is -0.127. The minimum absolute atomic E-state index is 0.0184. The minimum Gasteiger partial charge on any atom is -0.388 e. The van der Waals surface area contributed by atoms with Crippen molar-refractivity contribution in [1.29, 1.82) is 0 Å². The van der Waals surface area contributed by atoms with Crippen LogP contribution in [0.2, 0.25) is 0 Å². The molecule has 118 valence electrons. The second-order valence-electron chi connectivity index (χ2n) is 6.36. The SMILES string of the molecule is CC(C)CC(C)(O)CNC(=O)CNC(=O)[C@@H](N)C(C)C. The molecule has 0 aromatic rings. The Bertz CT molecular complexity index is 328. The Morgan fingerprint density at radius 3 is 2.20 bits per heavy atom. The van der Waals surface area contributed by atoms with E-state index in [0.717, 1.165) is 0 Å². The topological polar surface area (TPSA) is 104 Å². The van der Waals surface area contributed by atoms with E-state index in [0.29, 0.717) is 12.3 Å². The molecular weight excluding hydrogens is 258 g/mol. The first-order valence-corrected chi connectivity index (χ1v) is 7.07. The number of carbonyl (C=O) groups excluding carboxylic acids is 2. The fourth-order valence-corrected chi connectivity index (χ4v) is 1.89. The van der Waals surface area contributed by atoms with Crippen LogP contribution in [-0.4, -0.2) is 41.7 Å². The summed E-state index contributed by atoms with van der Waals surface area (Å²) >= 11 is 0. The normalized spacial score (nSPS) is 15.8. The van der Waals surface area contributed by atoms with Crippen molar-refractivity contribution in [2.75, 3.05) is 13.1 Å². The summed E-state index contributed by atoms with van der Waals surface area (Å²) in [5.74, 6) is -0.321. The number of nitrogens with one attached hydrogen (secondary N) is 2. The van der Waals surface area contributed by atoms with Gasteiger partial charge in [0.25, 0.3) is 0 Å². The van der Waals surface area contributed by atoms with Crippen molar-refractivity contribution in [3.63, 3.8) is 0 Å². The molecule has 0 heterocycles. The largest absolute Gasteiger partial charge is 0.388 e. The van der Waals surface area contributed by atoms with Gasteiger partial charge >= 0.3 is 0 Å². The summed E-state index contributed by atoms with van der Waals surface area (Å²) in [6, 6.07) is -0.619. The van der Waals surface area contributed by atoms with Crippen LogP contribution in [0.4, 0.5) is 0 Å². The van der Waals surface area contributed by atoms with E-state index in [-0.39, 0.29) is 30.8 Å². The van der Waals surface area contributed by atoms with E-state index in [4.69, 9.17) is 5.73 Å². The Kier molecular flexibility index (Phi) is 7.75. The monoisotopic (exact) mass is 287 g/mol. The Morgan fingerprint density at radius 2 is 1.75 bits per heavy atom. The van der Waals surface area contributed by atoms with Gasteiger partial charge in [-0.05, 0) is 25.2 Å². The molecule has 6 nitrogen and oxygen atoms in total. The number of hydrogen-bond donors (Lipinski definition) is 4. The van der Waals surface area contributed by atoms with Crippen molar-refractivity contribution in [1.82, 2.24) is 10.6 Å². The van der Waals surface area contributed by atoms with E-state index < -0.39 is 11.6 Å². The van der Waals surface area contributed by atoms with Crippen molar-refractivity contribution >= 4 is 11.8 Å². The van der Waals surface area contributed by atoms with Gasteiger partial charge in [-0.1, -0.05) is 27.7 Å². The zero-order valence-electron chi connectivity index (χ0n) is 13.2. The van der Waals surface area contributed by atoms with Gasteiger partial charge in [0.15, 0.2) is 0 Å². The molecule has 0 radical (unpaired) electrons. The number of carbonyl (C=O) groups is 2. The van der Waals surface area contributed by atoms with Gasteiger partial charge in [0.1, 0.15) is 0 Å². The molecule has 0 aliphatic carbocycles. The van der Waals surface area contributed by atoms with Crippen LogP contribution >= 0.6 is 0 Å². The van der Waals surface area contributed by atoms with Crippen LogP contribution in [0.1, 0.15) is 41.0 Å². The van der Waals surface area contributed by atoms with E-state index >= 15 is 0 Å². The highest BCUT2D eigenvalue weighted by molar-refractivity contribution is 5.87. The van der Waals surface area contributed by atoms with Crippen LogP contribution in [0, 0.1) is 11.8 Å². The Balaban J connectivity index is 4.04. The van der Waals surface area contributed by atoms with Crippen LogP contribution in [0.15, 0.2) is 0 Å². The first-order chi connectivity index (χ1) is 9.05. The number of amides is 2. The molecule has 0 saturated carbocycles. The third-order valence-electron chi connectivity index (χ3n) is 2.96. The Labute approximate surface area is 121 Å². The quantitative estimate of drug-likeness (QED) is 0.504. The van der Waals surface area contributed by atoms with E-state index in [1.807, 2.05) is 27.7 Å². The van der Waals surface area contributed by atoms with E-state index in [2.05, 4.69) is 10.6 Å². The molecule has 5 N–H and O–H groups in total. The maximum absolute atomic E-state index is 11.6. The molecule has 0 bridgehead atoms. The summed E-state index contributed by atoms with van der Waals surface area (Å²) in [5.41, 5.74) is 4.72. The first kappa shape index (κ1) is 18.9. The van der Waals surface area contributed by atoms with Crippen molar-refractivity contribution < 1.29 is 14.7 Å². The smallest absolute Gasteiger partial charge is 0.239 e. The van der Waals surface area contributed by atoms with E-state index in [9.17, 15) is 14.7 Å². The molecule has 0 aliphatic rings. The van der Waals surface area contributed by atoms with Gasteiger partial charge in [-0.15, -0.1) is 0 Å². The molecule has 0 aromatic carbocycles. The highest BCUT2D eigenvalue weighted by atomic mass is 16.3. The number of aliphatic hydroxyl groups is 1. The predicted molar refractivity (Wildman–Crippen MR) is 78.9 cm³/mol. The molecule has 0 aromatic heterocycles. The molecule has 0 rings (SSSR count). The zero-order valence-corrected chi connectivity index (χ0v) is 13.2. The molecular formula is C14H29N3O3. The van der Waals surface area contributed by atoms with Crippen LogP contribution in [0.3, 0.4) is 0 Å². The fourth-order valence-electron chi connectivity index (χ4n) is 1.89. The molecule has 2 atom stereocenters. The summed E-state index contributed by atoms with van der Waals surface area (Å²) in [6.45, 7) is 9.40. The predicted octanol–water partition coefficient (Wildman–Crippen LogP) is -0.000800. The van der Waals surface area contributed by atoms with Crippen molar-refractivity contribution in [2.45, 2.75) is 52.7 Å². The maximum Gasteiger partial charge on any atom is 0.239 e. The Hall–Kier alpha value is -1.14. The van der Waals surface area contributed by atoms with Gasteiger partial charge < -0.3 is 21.5 Å². The number of nitrogens with two attached hydrogens (primary N) is 1. The fraction of sp³-hybridized carbons (Fsp3) is 0.857. The van der Waals surface area contributed by atoms with Crippen molar-refractivity contribution in [2.24, 2.45) is 17.6 Å². The van der Waals surface area contributed by atoms with Crippen molar-refractivity contribution in [3.05, 3.63) is 0 Å². The van der Waals surface area contributed by atoms with Gasteiger partial charge in [-0.3, -0.25) is 9.59 Å². The minimum atomic E-state index is -0.942. The number of rotatable bonds is 8. The van der Waals surface area contributed by atoms with Crippen LogP contribution in [0.25, 0.3) is 0 Å². The molecule has 0 saturated heterocycles. The van der Waals surface area contributed by atoms with Gasteiger partial charge in [-0.25, -0.2) is 0 Å². The maximum atomic E-state index is 11.6. The van der Waals surface area contributed by atoms with Crippen molar-refractivity contribution in [3.8, 4) is 0 Å². The molecule has 2 amide bonds. The zero-order chi connectivity index (χ0) is 15.9. The lowest BCUT2D eigenvalue weighted by Crippen LogP contribution is -2.49. The third-order valence-corrected chi connectivity index (χ3v) is 2.96. The average molecular weight is 287 g/mol. The van der Waals surface area contributed by atoms with Gasteiger partial charge in [-0.2, -0.15) is 0 Å². The summed E-state index contributed by atoms with van der Waals surface area (Å²) in [7, 11) is 0. The standard InChI is InChI=1S/C14H29N3O3/c1-9(2)6-14(5,20)8-17-11(18)7-16-13(19)12(15)10(3)4/h9-10,12,20H,6-8,15H2,1-5H3,(H,16,19)(H,17,18)/t12-,14?/m0/s1. The lowest BCUT2D eigenvalue weighted by Gasteiger charge is -2.25. The van der Waals surface area contributed by atoms with Crippen LogP contribution in [0.5, 0.6) is 0 Å². The molecule has 1 unspecified atom stereocenters. The van der Waals surface area contributed by atoms with Crippen LogP contribution < -0.4 is 16.4 Å². The third kappa shape index (κ3) is 8.12. The molecule has 0 aliphatic heterocycles. The van der Waals surface area contributed by atoms with Gasteiger partial charge in [0.05, 0.1) is 18.2 Å². The lowest BCUT2D eigenvalue weighted by atomic mass is 9.94. The van der Waals surface area contributed by atoms with E-state index in [1.54, 1.807) is 6.92 Å². The second kappa shape index (κ2) is 8.21. The van der Waals surface area contributed by atoms with Gasteiger partial charge in [0, 0.05) is 6.54 Å². The molecule has 0 spiro atoms. The van der Waals surface area contributed by atoms with Crippen LogP contribution in [-0.2, 0) is 9.59 Å². The van der Waals surface area contributed by atoms with Gasteiger partial charge in [0.2, 0.25) is 11.8 Å². The Morgan fingerprint density at radius 1 is 1.20 bits per heavy atom. The molecule has 6 heteroatoms. The highest BCUT2D eigenvalue weighted by Gasteiger charge is 2.23. The summed E-state index contributed by atoms with van der Waals surface area (Å²) in [6.07, 6.45) is 0.595. The average Bonchev–Trinajstić information content (AvgIpc) is 2.30. The summed E-state index contributed by atoms with van der Waals surface area (Å²) < 4.78 is 0. The molecule has 20 heavy (non-hydrogen) atoms. The van der Waals surface area contributed by atoms with E-state index in [1.165, 1.54) is 0 Å². The number of hydrogen-bond acceptors (Lipinski definition) is 4. The molecule has 0 fully saturated rings. The highest BCUT2D eigenvalue weighted by Crippen LogP contribution is 2.14.